The van der Waals surface area contributed by atoms with E-state index in [4.69, 9.17) is 4.99 Å². The van der Waals surface area contributed by atoms with E-state index in [0.29, 0.717) is 24.5 Å². The average Bonchev–Trinajstić information content (AvgIpc) is 3.10. The molecule has 1 aliphatic carbocycles. The topological polar surface area (TPSA) is 73.8 Å². The summed E-state index contributed by atoms with van der Waals surface area (Å²) >= 11 is 0. The number of hydrogen-bond donors (Lipinski definition) is 2. The van der Waals surface area contributed by atoms with Crippen molar-refractivity contribution < 1.29 is 8.42 Å². The van der Waals surface area contributed by atoms with Crippen molar-refractivity contribution in [2.45, 2.75) is 71.8 Å². The maximum absolute atomic E-state index is 12.0. The molecule has 6 nitrogen and oxygen atoms in total. The summed E-state index contributed by atoms with van der Waals surface area (Å²) in [4.78, 5) is 4.88. The van der Waals surface area contributed by atoms with Crippen LogP contribution in [0.4, 0.5) is 0 Å². The molecule has 0 aromatic rings. The van der Waals surface area contributed by atoms with Crippen molar-refractivity contribution in [2.24, 2.45) is 10.4 Å². The van der Waals surface area contributed by atoms with Gasteiger partial charge in [0.1, 0.15) is 0 Å². The van der Waals surface area contributed by atoms with Crippen molar-refractivity contribution in [1.82, 2.24) is 14.9 Å². The number of sulfonamides is 1. The summed E-state index contributed by atoms with van der Waals surface area (Å²) in [5.41, 5.74) is 0.390. The predicted molar refractivity (Wildman–Crippen MR) is 104 cm³/mol. The van der Waals surface area contributed by atoms with E-state index in [9.17, 15) is 8.42 Å². The molecule has 2 N–H and O–H groups in total. The number of hydrogen-bond acceptors (Lipinski definition) is 3. The van der Waals surface area contributed by atoms with Crippen LogP contribution in [0.25, 0.3) is 0 Å². The highest BCUT2D eigenvalue weighted by Gasteiger charge is 2.32. The van der Waals surface area contributed by atoms with Gasteiger partial charge < -0.3 is 10.6 Å². The Balaban J connectivity index is 1.90. The van der Waals surface area contributed by atoms with Gasteiger partial charge in [0.2, 0.25) is 10.0 Å². The Labute approximate surface area is 153 Å². The van der Waals surface area contributed by atoms with Crippen molar-refractivity contribution in [3.8, 4) is 0 Å². The SMILES string of the molecule is CCNC(=NCC1(CC)CCCC1)NC1CCN(S(=O)(=O)CC)CC1. The van der Waals surface area contributed by atoms with Crippen LogP contribution in [-0.2, 0) is 10.0 Å². The van der Waals surface area contributed by atoms with Crippen LogP contribution in [0.2, 0.25) is 0 Å². The summed E-state index contributed by atoms with van der Waals surface area (Å²) in [5, 5.41) is 6.88. The Morgan fingerprint density at radius 1 is 1.16 bits per heavy atom. The summed E-state index contributed by atoms with van der Waals surface area (Å²) in [5.74, 6) is 1.08. The molecule has 1 heterocycles. The number of nitrogens with zero attached hydrogens (tertiary/aromatic N) is 2. The number of piperidine rings is 1. The van der Waals surface area contributed by atoms with E-state index in [0.717, 1.165) is 31.9 Å². The molecular formula is C18H36N4O2S. The van der Waals surface area contributed by atoms with Crippen LogP contribution in [0.15, 0.2) is 4.99 Å². The number of rotatable bonds is 7. The lowest BCUT2D eigenvalue weighted by molar-refractivity contribution is 0.294. The van der Waals surface area contributed by atoms with Crippen LogP contribution < -0.4 is 10.6 Å². The van der Waals surface area contributed by atoms with Crippen LogP contribution in [0, 0.1) is 5.41 Å². The molecule has 7 heteroatoms. The van der Waals surface area contributed by atoms with Gasteiger partial charge in [-0.25, -0.2) is 12.7 Å². The molecule has 0 spiro atoms. The lowest BCUT2D eigenvalue weighted by atomic mass is 9.84. The van der Waals surface area contributed by atoms with Crippen LogP contribution in [0.5, 0.6) is 0 Å². The third-order valence-electron chi connectivity index (χ3n) is 5.88. The van der Waals surface area contributed by atoms with Crippen LogP contribution in [0.3, 0.4) is 0 Å². The van der Waals surface area contributed by atoms with Crippen molar-refractivity contribution in [1.29, 1.82) is 0 Å². The van der Waals surface area contributed by atoms with Gasteiger partial charge in [-0.15, -0.1) is 0 Å². The Morgan fingerprint density at radius 2 is 1.80 bits per heavy atom. The molecule has 1 saturated heterocycles. The van der Waals surface area contributed by atoms with Gasteiger partial charge in [0, 0.05) is 32.2 Å². The Hall–Kier alpha value is -0.820. The third kappa shape index (κ3) is 5.58. The lowest BCUT2D eigenvalue weighted by Gasteiger charge is -2.32. The normalized spacial score (nSPS) is 22.9. The first-order chi connectivity index (χ1) is 11.9. The molecule has 0 amide bonds. The molecule has 0 aromatic heterocycles. The third-order valence-corrected chi connectivity index (χ3v) is 7.77. The first kappa shape index (κ1) is 20.5. The minimum absolute atomic E-state index is 0.189. The zero-order valence-corrected chi connectivity index (χ0v) is 17.0. The van der Waals surface area contributed by atoms with E-state index in [-0.39, 0.29) is 5.75 Å². The van der Waals surface area contributed by atoms with Crippen molar-refractivity contribution in [3.63, 3.8) is 0 Å². The molecule has 1 saturated carbocycles. The van der Waals surface area contributed by atoms with Gasteiger partial charge in [0.25, 0.3) is 0 Å². The fourth-order valence-electron chi connectivity index (χ4n) is 3.97. The van der Waals surface area contributed by atoms with E-state index in [2.05, 4.69) is 24.5 Å². The maximum Gasteiger partial charge on any atom is 0.213 e. The summed E-state index contributed by atoms with van der Waals surface area (Å²) in [7, 11) is -3.06. The van der Waals surface area contributed by atoms with E-state index in [1.165, 1.54) is 32.1 Å². The molecule has 25 heavy (non-hydrogen) atoms. The van der Waals surface area contributed by atoms with Gasteiger partial charge >= 0.3 is 0 Å². The summed E-state index contributed by atoms with van der Waals surface area (Å²) < 4.78 is 25.6. The molecule has 2 rings (SSSR count). The van der Waals surface area contributed by atoms with Gasteiger partial charge in [-0.2, -0.15) is 0 Å². The molecule has 146 valence electrons. The lowest BCUT2D eigenvalue weighted by Crippen LogP contribution is -2.50. The van der Waals surface area contributed by atoms with Gasteiger partial charge in [-0.3, -0.25) is 4.99 Å². The molecule has 0 atom stereocenters. The number of nitrogens with one attached hydrogen (secondary N) is 2. The summed E-state index contributed by atoms with van der Waals surface area (Å²) in [6.45, 7) is 9.01. The first-order valence-corrected chi connectivity index (χ1v) is 11.6. The molecule has 1 aliphatic heterocycles. The van der Waals surface area contributed by atoms with Crippen LogP contribution in [0.1, 0.15) is 65.7 Å². The number of guanidine groups is 1. The van der Waals surface area contributed by atoms with Crippen molar-refractivity contribution >= 4 is 16.0 Å². The maximum atomic E-state index is 12.0. The van der Waals surface area contributed by atoms with E-state index in [1.807, 2.05) is 0 Å². The standard InChI is InChI=1S/C18H36N4O2S/c1-4-18(11-7-8-12-18)15-20-17(19-5-2)21-16-9-13-22(14-10-16)25(23,24)6-3/h16H,4-15H2,1-3H3,(H2,19,20,21). The molecule has 2 fully saturated rings. The molecular weight excluding hydrogens is 336 g/mol. The monoisotopic (exact) mass is 372 g/mol. The summed E-state index contributed by atoms with van der Waals surface area (Å²) in [6, 6.07) is 0.294. The smallest absolute Gasteiger partial charge is 0.213 e. The second kappa shape index (κ2) is 9.21. The molecule has 0 radical (unpaired) electrons. The highest BCUT2D eigenvalue weighted by molar-refractivity contribution is 7.89. The van der Waals surface area contributed by atoms with E-state index >= 15 is 0 Å². The second-order valence-electron chi connectivity index (χ2n) is 7.47. The fraction of sp³-hybridized carbons (Fsp3) is 0.944. The average molecular weight is 373 g/mol. The minimum Gasteiger partial charge on any atom is -0.357 e. The fourth-order valence-corrected chi connectivity index (χ4v) is 5.10. The zero-order valence-electron chi connectivity index (χ0n) is 16.2. The molecule has 0 unspecified atom stereocenters. The molecule has 2 aliphatic rings. The highest BCUT2D eigenvalue weighted by atomic mass is 32.2. The number of aliphatic imine (C=N–C) groups is 1. The minimum atomic E-state index is -3.06. The first-order valence-electron chi connectivity index (χ1n) is 9.97. The van der Waals surface area contributed by atoms with Gasteiger partial charge in [0.05, 0.1) is 5.75 Å². The largest absolute Gasteiger partial charge is 0.357 e. The quantitative estimate of drug-likeness (QED) is 0.531. The second-order valence-corrected chi connectivity index (χ2v) is 9.73. The molecule has 0 bridgehead atoms. The van der Waals surface area contributed by atoms with Crippen LogP contribution >= 0.6 is 0 Å². The van der Waals surface area contributed by atoms with E-state index < -0.39 is 10.0 Å². The van der Waals surface area contributed by atoms with Gasteiger partial charge in [0.15, 0.2) is 5.96 Å². The Morgan fingerprint density at radius 3 is 2.32 bits per heavy atom. The highest BCUT2D eigenvalue weighted by Crippen LogP contribution is 2.41. The van der Waals surface area contributed by atoms with Gasteiger partial charge in [-0.1, -0.05) is 19.8 Å². The predicted octanol–water partition coefficient (Wildman–Crippen LogP) is 2.33. The Bertz CT molecular complexity index is 533. The molecule has 0 aromatic carbocycles. The summed E-state index contributed by atoms with van der Waals surface area (Å²) in [6.07, 6.45) is 8.11. The van der Waals surface area contributed by atoms with Gasteiger partial charge in [-0.05, 0) is 51.4 Å². The van der Waals surface area contributed by atoms with Crippen molar-refractivity contribution in [3.05, 3.63) is 0 Å². The van der Waals surface area contributed by atoms with E-state index in [1.54, 1.807) is 11.2 Å². The zero-order chi connectivity index (χ0) is 18.3. The van der Waals surface area contributed by atoms with Crippen LogP contribution in [-0.4, -0.2) is 56.7 Å². The van der Waals surface area contributed by atoms with Crippen molar-refractivity contribution in [2.75, 3.05) is 31.9 Å². The Kier molecular flexibility index (Phi) is 7.55.